The minimum absolute atomic E-state index is 0.0184. The molecule has 0 saturated heterocycles. The molecule has 0 amide bonds. The van der Waals surface area contributed by atoms with E-state index in [2.05, 4.69) is 21.0 Å². The molecule has 0 N–H and O–H groups in total. The van der Waals surface area contributed by atoms with Gasteiger partial charge in [0.05, 0.1) is 15.7 Å². The molecule has 0 radical (unpaired) electrons. The molecule has 0 aliphatic rings. The van der Waals surface area contributed by atoms with Crippen molar-refractivity contribution in [2.24, 2.45) is 0 Å². The van der Waals surface area contributed by atoms with Crippen LogP contribution in [0.3, 0.4) is 0 Å². The zero-order chi connectivity index (χ0) is 12.0. The van der Waals surface area contributed by atoms with Crippen molar-refractivity contribution in [1.82, 2.24) is 9.78 Å². The Bertz CT molecular complexity index is 374. The van der Waals surface area contributed by atoms with E-state index in [-0.39, 0.29) is 4.47 Å². The van der Waals surface area contributed by atoms with Gasteiger partial charge in [-0.3, -0.25) is 4.68 Å². The second kappa shape index (κ2) is 3.50. The summed E-state index contributed by atoms with van der Waals surface area (Å²) in [5, 5.41) is 3.90. The summed E-state index contributed by atoms with van der Waals surface area (Å²) in [6.07, 6.45) is -4.40. The van der Waals surface area contributed by atoms with Gasteiger partial charge in [-0.05, 0) is 43.6 Å². The molecule has 1 heterocycles. The molecule has 1 aromatic rings. The lowest BCUT2D eigenvalue weighted by Crippen LogP contribution is -2.28. The van der Waals surface area contributed by atoms with Crippen LogP contribution in [-0.2, 0) is 11.7 Å². The van der Waals surface area contributed by atoms with E-state index >= 15 is 0 Å². The zero-order valence-electron chi connectivity index (χ0n) is 8.91. The third-order valence-electron chi connectivity index (χ3n) is 1.89. The highest BCUT2D eigenvalue weighted by Crippen LogP contribution is 2.38. The number of halogens is 4. The van der Waals surface area contributed by atoms with Gasteiger partial charge in [-0.25, -0.2) is 0 Å². The third-order valence-corrected chi connectivity index (χ3v) is 2.84. The Morgan fingerprint density at radius 3 is 1.93 bits per heavy atom. The van der Waals surface area contributed by atoms with E-state index < -0.39 is 17.4 Å². The molecule has 6 heteroatoms. The Labute approximate surface area is 94.6 Å². The fourth-order valence-electron chi connectivity index (χ4n) is 1.24. The number of aromatic nitrogens is 2. The van der Waals surface area contributed by atoms with Crippen LogP contribution in [0.15, 0.2) is 4.47 Å². The molecule has 1 aromatic heterocycles. The van der Waals surface area contributed by atoms with E-state index in [1.807, 2.05) is 0 Å². The maximum absolute atomic E-state index is 12.8. The number of hydrogen-bond acceptors (Lipinski definition) is 1. The van der Waals surface area contributed by atoms with Gasteiger partial charge in [-0.1, -0.05) is 0 Å². The van der Waals surface area contributed by atoms with Crippen molar-refractivity contribution >= 4 is 15.9 Å². The molecule has 0 spiro atoms. The molecule has 1 rings (SSSR count). The summed E-state index contributed by atoms with van der Waals surface area (Å²) in [4.78, 5) is 0. The molecule has 0 aromatic carbocycles. The maximum Gasteiger partial charge on any atom is 0.434 e. The number of rotatable bonds is 0. The molecule has 0 atom stereocenters. The Morgan fingerprint density at radius 2 is 1.67 bits per heavy atom. The Hall–Kier alpha value is -0.520. The van der Waals surface area contributed by atoms with Crippen molar-refractivity contribution in [1.29, 1.82) is 0 Å². The SMILES string of the molecule is Cc1nn(C(C)(C)C)c(C(F)(F)F)c1Br. The molecule has 15 heavy (non-hydrogen) atoms. The van der Waals surface area contributed by atoms with Crippen molar-refractivity contribution in [2.75, 3.05) is 0 Å². The molecule has 2 nitrogen and oxygen atoms in total. The van der Waals surface area contributed by atoms with E-state index in [9.17, 15) is 13.2 Å². The van der Waals surface area contributed by atoms with Gasteiger partial charge in [0.1, 0.15) is 0 Å². The van der Waals surface area contributed by atoms with Crippen molar-refractivity contribution in [3.63, 3.8) is 0 Å². The Balaban J connectivity index is 3.48. The van der Waals surface area contributed by atoms with E-state index in [1.165, 1.54) is 0 Å². The minimum Gasteiger partial charge on any atom is -0.254 e. The first-order valence-corrected chi connectivity index (χ1v) is 5.17. The van der Waals surface area contributed by atoms with Gasteiger partial charge < -0.3 is 0 Å². The predicted molar refractivity (Wildman–Crippen MR) is 54.7 cm³/mol. The van der Waals surface area contributed by atoms with Crippen molar-refractivity contribution in [3.8, 4) is 0 Å². The number of aryl methyl sites for hydroxylation is 1. The van der Waals surface area contributed by atoms with E-state index in [0.29, 0.717) is 5.69 Å². The lowest BCUT2D eigenvalue weighted by atomic mass is 10.1. The summed E-state index contributed by atoms with van der Waals surface area (Å²) >= 11 is 2.93. The van der Waals surface area contributed by atoms with Gasteiger partial charge in [-0.2, -0.15) is 18.3 Å². The van der Waals surface area contributed by atoms with Crippen molar-refractivity contribution in [2.45, 2.75) is 39.4 Å². The third kappa shape index (κ3) is 2.35. The van der Waals surface area contributed by atoms with Gasteiger partial charge in [0.25, 0.3) is 0 Å². The highest BCUT2D eigenvalue weighted by molar-refractivity contribution is 9.10. The fourth-order valence-corrected chi connectivity index (χ4v) is 1.71. The molecular weight excluding hydrogens is 273 g/mol. The summed E-state index contributed by atoms with van der Waals surface area (Å²) in [6, 6.07) is 0. The monoisotopic (exact) mass is 284 g/mol. The first kappa shape index (κ1) is 12.5. The first-order chi connectivity index (χ1) is 6.55. The van der Waals surface area contributed by atoms with E-state index in [0.717, 1.165) is 4.68 Å². The summed E-state index contributed by atoms with van der Waals surface area (Å²) in [6.45, 7) is 6.59. The molecule has 0 fully saturated rings. The molecule has 0 aliphatic carbocycles. The maximum atomic E-state index is 12.8. The van der Waals surface area contributed by atoms with Gasteiger partial charge in [0.15, 0.2) is 5.69 Å². The summed E-state index contributed by atoms with van der Waals surface area (Å²) < 4.78 is 39.3. The highest BCUT2D eigenvalue weighted by atomic mass is 79.9. The van der Waals surface area contributed by atoms with Crippen LogP contribution >= 0.6 is 15.9 Å². The number of hydrogen-bond donors (Lipinski definition) is 0. The van der Waals surface area contributed by atoms with Crippen LogP contribution in [0, 0.1) is 6.92 Å². The highest BCUT2D eigenvalue weighted by Gasteiger charge is 2.41. The fraction of sp³-hybridized carbons (Fsp3) is 0.667. The number of nitrogens with zero attached hydrogens (tertiary/aromatic N) is 2. The zero-order valence-corrected chi connectivity index (χ0v) is 10.5. The van der Waals surface area contributed by atoms with Gasteiger partial charge in [0, 0.05) is 0 Å². The lowest BCUT2D eigenvalue weighted by Gasteiger charge is -2.23. The lowest BCUT2D eigenvalue weighted by molar-refractivity contribution is -0.146. The minimum atomic E-state index is -4.40. The quantitative estimate of drug-likeness (QED) is 0.710. The molecular formula is C9H12BrF3N2. The average Bonchev–Trinajstić information content (AvgIpc) is 2.25. The summed E-state index contributed by atoms with van der Waals surface area (Å²) in [5.74, 6) is 0. The summed E-state index contributed by atoms with van der Waals surface area (Å²) in [7, 11) is 0. The second-order valence-corrected chi connectivity index (χ2v) is 5.12. The van der Waals surface area contributed by atoms with Crippen molar-refractivity contribution < 1.29 is 13.2 Å². The molecule has 0 unspecified atom stereocenters. The van der Waals surface area contributed by atoms with Crippen LogP contribution in [-0.4, -0.2) is 9.78 Å². The van der Waals surface area contributed by atoms with Crippen LogP contribution in [0.25, 0.3) is 0 Å². The van der Waals surface area contributed by atoms with E-state index in [4.69, 9.17) is 0 Å². The standard InChI is InChI=1S/C9H12BrF3N2/c1-5-6(10)7(9(11,12)13)15(14-5)8(2,3)4/h1-4H3. The van der Waals surface area contributed by atoms with E-state index in [1.54, 1.807) is 27.7 Å². The Kier molecular flexibility index (Phi) is 2.93. The molecule has 0 bridgehead atoms. The molecule has 0 saturated carbocycles. The Morgan fingerprint density at radius 1 is 1.20 bits per heavy atom. The second-order valence-electron chi connectivity index (χ2n) is 4.33. The van der Waals surface area contributed by atoms with Gasteiger partial charge in [0.2, 0.25) is 0 Å². The predicted octanol–water partition coefficient (Wildman–Crippen LogP) is 3.73. The topological polar surface area (TPSA) is 17.8 Å². The average molecular weight is 285 g/mol. The van der Waals surface area contributed by atoms with Crippen LogP contribution in [0.4, 0.5) is 13.2 Å². The number of alkyl halides is 3. The van der Waals surface area contributed by atoms with Crippen LogP contribution in [0.2, 0.25) is 0 Å². The smallest absolute Gasteiger partial charge is 0.254 e. The van der Waals surface area contributed by atoms with Crippen LogP contribution < -0.4 is 0 Å². The molecule has 0 aliphatic heterocycles. The van der Waals surface area contributed by atoms with Crippen LogP contribution in [0.1, 0.15) is 32.2 Å². The van der Waals surface area contributed by atoms with Crippen LogP contribution in [0.5, 0.6) is 0 Å². The van der Waals surface area contributed by atoms with Gasteiger partial charge >= 0.3 is 6.18 Å². The normalized spacial score (nSPS) is 13.3. The molecule has 86 valence electrons. The van der Waals surface area contributed by atoms with Gasteiger partial charge in [-0.15, -0.1) is 0 Å². The largest absolute Gasteiger partial charge is 0.434 e. The first-order valence-electron chi connectivity index (χ1n) is 4.38. The summed E-state index contributed by atoms with van der Waals surface area (Å²) in [5.41, 5.74) is -1.08. The van der Waals surface area contributed by atoms with Crippen molar-refractivity contribution in [3.05, 3.63) is 15.9 Å².